The van der Waals surface area contributed by atoms with Crippen LogP contribution >= 0.6 is 43.2 Å². The van der Waals surface area contributed by atoms with Crippen LogP contribution in [0.3, 0.4) is 0 Å². The number of anilines is 4. The number of nitrogens with zero attached hydrogens (tertiary/aromatic N) is 8. The lowest BCUT2D eigenvalue weighted by Gasteiger charge is -2.22. The number of aliphatic carboxylic acids is 2. The average molecular weight is 1680 g/mol. The number of hydrogen-bond donors (Lipinski definition) is 8. The van der Waals surface area contributed by atoms with Gasteiger partial charge in [-0.05, 0) is 93.0 Å². The Kier molecular flexibility index (Phi) is 45.1. The van der Waals surface area contributed by atoms with E-state index in [0.717, 1.165) is 142 Å². The fourth-order valence-corrected chi connectivity index (χ4v) is 15.6. The molecule has 8 aromatic rings. The molecule has 0 saturated carbocycles. The largest absolute Gasteiger partial charge is 0.548 e. The van der Waals surface area contributed by atoms with Crippen molar-refractivity contribution in [3.05, 3.63) is 240 Å². The molecule has 4 aromatic heterocycles. The molecule has 0 atom stereocenters. The third-order valence-electron chi connectivity index (χ3n) is 18.4. The first kappa shape index (κ1) is 94.8. The quantitative estimate of drug-likeness (QED) is 0.0109. The predicted molar refractivity (Wildman–Crippen MR) is 476 cm³/mol. The highest BCUT2D eigenvalue weighted by atomic mass is 33.1. The zero-order valence-corrected chi connectivity index (χ0v) is 70.8. The fraction of sp³-hybridized carbons (Fsp3) is 0.356. The second-order valence-electron chi connectivity index (χ2n) is 27.6. The summed E-state index contributed by atoms with van der Waals surface area (Å²) in [6.07, 6.45) is 37.2. The van der Waals surface area contributed by atoms with E-state index in [4.69, 9.17) is 0 Å². The number of carboxylic acid groups (broad SMARTS) is 2. The van der Waals surface area contributed by atoms with Crippen LogP contribution in [-0.2, 0) is 54.9 Å². The molecule has 28 heteroatoms. The predicted octanol–water partition coefficient (Wildman–Crippen LogP) is 6.91. The number of carboxylic acids is 2. The number of aromatic nitrogens is 4. The van der Waals surface area contributed by atoms with Crippen LogP contribution in [0, 0.1) is 0 Å². The van der Waals surface area contributed by atoms with Gasteiger partial charge in [0.25, 0.3) is 0 Å². The van der Waals surface area contributed by atoms with Gasteiger partial charge in [-0.1, -0.05) is 140 Å². The summed E-state index contributed by atoms with van der Waals surface area (Å²) >= 11 is 0. The fourth-order valence-electron chi connectivity index (χ4n) is 12.0. The van der Waals surface area contributed by atoms with E-state index >= 15 is 0 Å². The number of aliphatic hydroxyl groups excluding tert-OH is 4. The number of rotatable bonds is 54. The normalized spacial score (nSPS) is 11.2. The molecule has 8 rings (SSSR count). The second-order valence-corrected chi connectivity index (χ2v) is 33.0. The summed E-state index contributed by atoms with van der Waals surface area (Å²) in [4.78, 5) is 78.0. The Morgan fingerprint density at radius 3 is 0.703 bits per heavy atom. The standard InChI is InChI=1S/C46H60N6O6S2.C44H52N6O6S2/c53-33-29-51(30-34-54)43-13-9-39(10-14-43)5-7-41-17-25-49(26-18-41)23-1-3-45(57)47-21-37-59-60-38-22-48-46(58)4-2-24-50-27-19-42(20-28-50)8-6-40-11-15-44(16-12-40)52(31-35-55)32-36-56;1-47(33-43(53)54)39-15-11-35(12-16-39)7-9-37-19-27-49(28-20-37)25-3-5-41(51)45-23-31-57-58-32-24-46-42(52)6-4-26-50-29-21-38(22-30-50)10-8-36-13-17-40(18-14-36)48(2)34-44(55)56/h5-20,25-28,53-56H,1-4,21-24,29-38H2;7-22,27-30H,3-6,23-26,31-34H2,1-2H3,(H2-2,45,46,51,52,53,54,55,56)/p+2. The molecule has 4 amide bonds. The number of nitrogens with one attached hydrogen (secondary N) is 4. The molecular weight excluding hydrogens is 1570 g/mol. The summed E-state index contributed by atoms with van der Waals surface area (Å²) in [5.41, 5.74) is 12.0. The van der Waals surface area contributed by atoms with Gasteiger partial charge >= 0.3 is 0 Å². The number of amides is 4. The highest BCUT2D eigenvalue weighted by molar-refractivity contribution is 8.77. The molecule has 24 nitrogen and oxygen atoms in total. The summed E-state index contributed by atoms with van der Waals surface area (Å²) in [7, 11) is 10.2. The van der Waals surface area contributed by atoms with Crippen LogP contribution in [0.4, 0.5) is 22.7 Å². The van der Waals surface area contributed by atoms with Crippen LogP contribution in [0.2, 0.25) is 0 Å². The lowest BCUT2D eigenvalue weighted by molar-refractivity contribution is -0.697. The Labute approximate surface area is 710 Å². The zero-order chi connectivity index (χ0) is 84.2. The maximum Gasteiger partial charge on any atom is 0.220 e. The Bertz CT molecular complexity index is 4090. The molecule has 0 radical (unpaired) electrons. The molecular formula is C90H114N12O12S4+2. The Balaban J connectivity index is 0.000000326. The van der Waals surface area contributed by atoms with Crippen LogP contribution in [0.5, 0.6) is 0 Å². The second kappa shape index (κ2) is 56.2. The van der Waals surface area contributed by atoms with Crippen molar-refractivity contribution in [1.82, 2.24) is 21.3 Å². The zero-order valence-electron chi connectivity index (χ0n) is 67.6. The van der Waals surface area contributed by atoms with Gasteiger partial charge in [0, 0.05) is 212 Å². The van der Waals surface area contributed by atoms with Gasteiger partial charge in [0.1, 0.15) is 26.2 Å². The van der Waals surface area contributed by atoms with Gasteiger partial charge < -0.3 is 81.1 Å². The van der Waals surface area contributed by atoms with Crippen LogP contribution < -0.4 is 69.3 Å². The highest BCUT2D eigenvalue weighted by Crippen LogP contribution is 2.23. The Morgan fingerprint density at radius 2 is 0.508 bits per heavy atom. The molecule has 628 valence electrons. The van der Waals surface area contributed by atoms with Gasteiger partial charge in [0.15, 0.2) is 49.6 Å². The van der Waals surface area contributed by atoms with Crippen molar-refractivity contribution in [2.45, 2.75) is 77.5 Å². The van der Waals surface area contributed by atoms with Crippen molar-refractivity contribution in [2.75, 3.05) is 149 Å². The topological polar surface area (TPSA) is 306 Å². The van der Waals surface area contributed by atoms with Crippen molar-refractivity contribution in [3.8, 4) is 0 Å². The summed E-state index contributed by atoms with van der Waals surface area (Å²) in [6, 6.07) is 47.6. The number of carbonyl (C=O) groups is 6. The van der Waals surface area contributed by atoms with Gasteiger partial charge in [0.2, 0.25) is 23.6 Å². The summed E-state index contributed by atoms with van der Waals surface area (Å²) in [5, 5.41) is 70.6. The van der Waals surface area contributed by atoms with Crippen LogP contribution in [0.1, 0.15) is 95.9 Å². The summed E-state index contributed by atoms with van der Waals surface area (Å²) in [6.45, 7) is 7.21. The molecule has 118 heavy (non-hydrogen) atoms. The van der Waals surface area contributed by atoms with Gasteiger partial charge in [0.05, 0.1) is 51.5 Å². The molecule has 0 aliphatic carbocycles. The van der Waals surface area contributed by atoms with Gasteiger partial charge in [-0.3, -0.25) is 19.2 Å². The van der Waals surface area contributed by atoms with E-state index in [2.05, 4.69) is 88.1 Å². The molecule has 0 aliphatic rings. The van der Waals surface area contributed by atoms with Crippen molar-refractivity contribution in [3.63, 3.8) is 0 Å². The molecule has 0 unspecified atom stereocenters. The Hall–Kier alpha value is -10.3. The number of likely N-dealkylation sites (N-methyl/N-ethyl adjacent to an activating group) is 2. The minimum Gasteiger partial charge on any atom is -0.548 e. The number of aryl methyl sites for hydroxylation is 4. The molecule has 4 heterocycles. The van der Waals surface area contributed by atoms with Crippen molar-refractivity contribution in [1.29, 1.82) is 0 Å². The summed E-state index contributed by atoms with van der Waals surface area (Å²) in [5.74, 6) is 1.17. The minimum atomic E-state index is -1.12. The number of aliphatic hydroxyl groups is 4. The first-order valence-electron chi connectivity index (χ1n) is 39.8. The monoisotopic (exact) mass is 1680 g/mol. The van der Waals surface area contributed by atoms with Crippen molar-refractivity contribution in [2.24, 2.45) is 0 Å². The first-order chi connectivity index (χ1) is 57.4. The van der Waals surface area contributed by atoms with E-state index in [1.807, 2.05) is 205 Å². The van der Waals surface area contributed by atoms with E-state index in [1.165, 1.54) is 0 Å². The van der Waals surface area contributed by atoms with E-state index < -0.39 is 11.9 Å². The number of hydrogen-bond acceptors (Lipinski definition) is 20. The SMILES string of the molecule is CN(CC(=O)[O-])c1ccc(/C=C/c2cc[n+](CCCC(=O)NCCSSCCNC(=O)CCC[n+]3ccc(/C=C/c4ccc(N(C)CC(=O)[O-])cc4)cc3)cc2)cc1.O=C(CCC[n+]1ccc(/C=C/c2ccc(N(CCO)CCO)cc2)cc1)NCCSSCCNC(=O)CCC[n+]1ccc(/C=C/c2ccc(N(CCO)CCO)cc2)cc1. The molecule has 8 N–H and O–H groups in total. The number of pyridine rings is 4. The molecule has 0 saturated heterocycles. The average Bonchev–Trinajstić information content (AvgIpc) is 1.78. The van der Waals surface area contributed by atoms with Crippen molar-refractivity contribution < 1.29 is 77.7 Å². The van der Waals surface area contributed by atoms with Crippen LogP contribution in [-0.4, -0.2) is 185 Å². The van der Waals surface area contributed by atoms with E-state index in [1.54, 1.807) is 67.1 Å². The molecule has 4 aromatic carbocycles. The van der Waals surface area contributed by atoms with Gasteiger partial charge in [-0.2, -0.15) is 0 Å². The van der Waals surface area contributed by atoms with Crippen LogP contribution in [0.25, 0.3) is 48.6 Å². The number of benzene rings is 4. The molecule has 0 aliphatic heterocycles. The number of carbonyl (C=O) groups excluding carboxylic acids is 6. The van der Waals surface area contributed by atoms with Crippen LogP contribution in [0.15, 0.2) is 195 Å². The van der Waals surface area contributed by atoms with Crippen molar-refractivity contribution >= 4 is 150 Å². The maximum absolute atomic E-state index is 12.3. The molecule has 0 spiro atoms. The summed E-state index contributed by atoms with van der Waals surface area (Å²) < 4.78 is 8.29. The van der Waals surface area contributed by atoms with Gasteiger partial charge in [-0.15, -0.1) is 0 Å². The minimum absolute atomic E-state index is 0.0371. The maximum atomic E-state index is 12.3. The van der Waals surface area contributed by atoms with E-state index in [-0.39, 0.29) is 63.1 Å². The Morgan fingerprint density at radius 1 is 0.314 bits per heavy atom. The smallest absolute Gasteiger partial charge is 0.220 e. The molecule has 0 bridgehead atoms. The third kappa shape index (κ3) is 39.3. The van der Waals surface area contributed by atoms with E-state index in [9.17, 15) is 59.4 Å². The third-order valence-corrected chi connectivity index (χ3v) is 23.2. The molecule has 0 fully saturated rings. The first-order valence-corrected chi connectivity index (χ1v) is 44.8. The van der Waals surface area contributed by atoms with Gasteiger partial charge in [-0.25, -0.2) is 18.3 Å². The lowest BCUT2D eigenvalue weighted by Crippen LogP contribution is -2.35. The lowest BCUT2D eigenvalue weighted by atomic mass is 10.1. The highest BCUT2D eigenvalue weighted by Gasteiger charge is 2.13. The van der Waals surface area contributed by atoms with E-state index in [0.29, 0.717) is 78.0 Å².